The second-order valence-corrected chi connectivity index (χ2v) is 9.41. The van der Waals surface area contributed by atoms with Gasteiger partial charge in [0.15, 0.2) is 5.76 Å². The zero-order chi connectivity index (χ0) is 26.5. The van der Waals surface area contributed by atoms with Crippen LogP contribution in [0.2, 0.25) is 0 Å². The van der Waals surface area contributed by atoms with Gasteiger partial charge in [-0.2, -0.15) is 5.10 Å². The molecule has 3 aromatic rings. The number of carbonyl (C=O) groups is 2. The lowest BCUT2D eigenvalue weighted by molar-refractivity contribution is -0.133. The number of nitrogens with zero attached hydrogens (tertiary/aromatic N) is 5. The Bertz CT molecular complexity index is 1280. The summed E-state index contributed by atoms with van der Waals surface area (Å²) in [5.74, 6) is 0.299. The zero-order valence-electron chi connectivity index (χ0n) is 21.8. The number of carbonyl (C=O) groups excluding carboxylic acids is 2. The van der Waals surface area contributed by atoms with Gasteiger partial charge in [0, 0.05) is 51.4 Å². The minimum atomic E-state index is -0.358. The third-order valence-electron chi connectivity index (χ3n) is 7.04. The summed E-state index contributed by atoms with van der Waals surface area (Å²) in [4.78, 5) is 31.0. The van der Waals surface area contributed by atoms with Crippen molar-refractivity contribution in [1.29, 1.82) is 0 Å². The predicted molar refractivity (Wildman–Crippen MR) is 141 cm³/mol. The van der Waals surface area contributed by atoms with Gasteiger partial charge in [0.25, 0.3) is 11.8 Å². The first-order valence-electron chi connectivity index (χ1n) is 12.8. The van der Waals surface area contributed by atoms with Crippen molar-refractivity contribution in [2.45, 2.75) is 12.5 Å². The van der Waals surface area contributed by atoms with E-state index in [0.717, 1.165) is 30.1 Å². The molecule has 2 amide bonds. The molecule has 0 aliphatic carbocycles. The van der Waals surface area contributed by atoms with Crippen molar-refractivity contribution in [2.75, 3.05) is 53.0 Å². The molecule has 10 nitrogen and oxygen atoms in total. The van der Waals surface area contributed by atoms with Gasteiger partial charge in [-0.25, -0.2) is 5.01 Å². The molecule has 1 atom stereocenters. The summed E-state index contributed by atoms with van der Waals surface area (Å²) in [5, 5.41) is 6.30. The second-order valence-electron chi connectivity index (χ2n) is 9.41. The highest BCUT2D eigenvalue weighted by molar-refractivity contribution is 6.02. The monoisotopic (exact) mass is 519 g/mol. The molecule has 4 heterocycles. The van der Waals surface area contributed by atoms with Crippen LogP contribution in [0.3, 0.4) is 0 Å². The van der Waals surface area contributed by atoms with Crippen LogP contribution in [0.5, 0.6) is 5.75 Å². The number of morpholine rings is 1. The van der Waals surface area contributed by atoms with Gasteiger partial charge in [0.05, 0.1) is 44.0 Å². The van der Waals surface area contributed by atoms with Gasteiger partial charge >= 0.3 is 0 Å². The minimum absolute atomic E-state index is 0.126. The fourth-order valence-corrected chi connectivity index (χ4v) is 4.97. The Hall–Kier alpha value is -3.89. The molecule has 0 N–H and O–H groups in total. The number of hydrogen-bond donors (Lipinski definition) is 0. The highest BCUT2D eigenvalue weighted by Gasteiger charge is 2.36. The Kier molecular flexibility index (Phi) is 7.90. The zero-order valence-corrected chi connectivity index (χ0v) is 21.8. The number of amides is 2. The molecule has 0 saturated carbocycles. The quantitative estimate of drug-likeness (QED) is 0.432. The molecule has 38 heavy (non-hydrogen) atoms. The largest absolute Gasteiger partial charge is 0.496 e. The molecule has 0 unspecified atom stereocenters. The van der Waals surface area contributed by atoms with Crippen LogP contribution in [-0.4, -0.2) is 89.9 Å². The van der Waals surface area contributed by atoms with Crippen LogP contribution in [0.25, 0.3) is 0 Å². The van der Waals surface area contributed by atoms with E-state index >= 15 is 0 Å². The molecule has 10 heteroatoms. The van der Waals surface area contributed by atoms with Crippen molar-refractivity contribution in [3.63, 3.8) is 0 Å². The number of ether oxygens (including phenoxy) is 2. The fraction of sp³-hybridized carbons (Fsp3) is 0.393. The second kappa shape index (κ2) is 11.7. The van der Waals surface area contributed by atoms with Gasteiger partial charge in [0.1, 0.15) is 12.3 Å². The lowest BCUT2D eigenvalue weighted by Crippen LogP contribution is -2.46. The Labute approximate surface area is 222 Å². The molecule has 0 spiro atoms. The van der Waals surface area contributed by atoms with E-state index in [1.165, 1.54) is 11.3 Å². The first-order valence-corrected chi connectivity index (χ1v) is 12.8. The van der Waals surface area contributed by atoms with Gasteiger partial charge in [-0.15, -0.1) is 0 Å². The van der Waals surface area contributed by atoms with E-state index in [0.29, 0.717) is 38.5 Å². The van der Waals surface area contributed by atoms with Crippen molar-refractivity contribution in [3.8, 4) is 5.75 Å². The molecule has 2 aliphatic rings. The van der Waals surface area contributed by atoms with E-state index in [9.17, 15) is 9.59 Å². The van der Waals surface area contributed by atoms with Crippen LogP contribution in [0, 0.1) is 0 Å². The van der Waals surface area contributed by atoms with Crippen molar-refractivity contribution in [1.82, 2.24) is 19.4 Å². The van der Waals surface area contributed by atoms with Crippen LogP contribution in [0.1, 0.15) is 34.3 Å². The lowest BCUT2D eigenvalue weighted by atomic mass is 9.99. The highest BCUT2D eigenvalue weighted by Crippen LogP contribution is 2.37. The topological polar surface area (TPSA) is 92.8 Å². The molecule has 2 aliphatic heterocycles. The molecule has 0 bridgehead atoms. The average molecular weight is 520 g/mol. The standard InChI is InChI=1S/C28H33N5O5/c1-30-11-5-8-23(30)22-19-24(21-7-3-4-9-25(21)36-2)33(29-22)27(34)20-32(28(35)26-10-6-16-38-26)13-12-31-14-17-37-18-15-31/h3-11,16,24H,12-15,17-20H2,1-2H3/t24-/m1/s1. The summed E-state index contributed by atoms with van der Waals surface area (Å²) < 4.78 is 18.4. The summed E-state index contributed by atoms with van der Waals surface area (Å²) in [5.41, 5.74) is 2.61. The summed E-state index contributed by atoms with van der Waals surface area (Å²) >= 11 is 0. The van der Waals surface area contributed by atoms with E-state index < -0.39 is 0 Å². The van der Waals surface area contributed by atoms with Gasteiger partial charge in [0.2, 0.25) is 0 Å². The van der Waals surface area contributed by atoms with Gasteiger partial charge in [-0.1, -0.05) is 18.2 Å². The number of hydrogen-bond acceptors (Lipinski definition) is 7. The number of aromatic nitrogens is 1. The molecule has 0 radical (unpaired) electrons. The van der Waals surface area contributed by atoms with Crippen LogP contribution in [0.15, 0.2) is 70.5 Å². The Morgan fingerprint density at radius 1 is 1.11 bits per heavy atom. The van der Waals surface area contributed by atoms with Crippen LogP contribution >= 0.6 is 0 Å². The average Bonchev–Trinajstić information content (AvgIpc) is 3.72. The number of aryl methyl sites for hydroxylation is 1. The molecule has 2 aromatic heterocycles. The number of methoxy groups -OCH3 is 1. The molecule has 1 aromatic carbocycles. The third-order valence-corrected chi connectivity index (χ3v) is 7.04. The van der Waals surface area contributed by atoms with Gasteiger partial charge < -0.3 is 23.4 Å². The van der Waals surface area contributed by atoms with Crippen molar-refractivity contribution >= 4 is 17.5 Å². The number of furan rings is 1. The summed E-state index contributed by atoms with van der Waals surface area (Å²) in [7, 11) is 3.57. The van der Waals surface area contributed by atoms with E-state index in [4.69, 9.17) is 19.0 Å². The highest BCUT2D eigenvalue weighted by atomic mass is 16.5. The van der Waals surface area contributed by atoms with E-state index in [2.05, 4.69) is 4.90 Å². The summed E-state index contributed by atoms with van der Waals surface area (Å²) in [6.45, 7) is 3.81. The van der Waals surface area contributed by atoms with E-state index in [1.807, 2.05) is 54.2 Å². The first kappa shape index (κ1) is 25.7. The number of rotatable bonds is 9. The lowest BCUT2D eigenvalue weighted by Gasteiger charge is -2.31. The third kappa shape index (κ3) is 5.51. The number of hydrazone groups is 1. The number of benzene rings is 1. The Balaban J connectivity index is 1.41. The maximum Gasteiger partial charge on any atom is 0.290 e. The minimum Gasteiger partial charge on any atom is -0.496 e. The maximum atomic E-state index is 13.9. The summed E-state index contributed by atoms with van der Waals surface area (Å²) in [6.07, 6.45) is 3.95. The smallest absolute Gasteiger partial charge is 0.290 e. The van der Waals surface area contributed by atoms with Crippen molar-refractivity contribution < 1.29 is 23.5 Å². The Morgan fingerprint density at radius 2 is 1.92 bits per heavy atom. The van der Waals surface area contributed by atoms with Crippen LogP contribution < -0.4 is 4.74 Å². The molecular weight excluding hydrogens is 486 g/mol. The van der Waals surface area contributed by atoms with E-state index in [1.54, 1.807) is 24.1 Å². The summed E-state index contributed by atoms with van der Waals surface area (Å²) in [6, 6.07) is 14.5. The Morgan fingerprint density at radius 3 is 2.63 bits per heavy atom. The van der Waals surface area contributed by atoms with E-state index in [-0.39, 0.29) is 30.2 Å². The van der Waals surface area contributed by atoms with Crippen molar-refractivity contribution in [2.24, 2.45) is 12.1 Å². The molecule has 1 saturated heterocycles. The SMILES string of the molecule is COc1ccccc1[C@H]1CC(c2cccn2C)=NN1C(=O)CN(CCN1CCOCC1)C(=O)c1ccco1. The molecule has 200 valence electrons. The first-order chi connectivity index (χ1) is 18.5. The van der Waals surface area contributed by atoms with Crippen molar-refractivity contribution in [3.05, 3.63) is 78.0 Å². The normalized spacial score (nSPS) is 17.9. The fourth-order valence-electron chi connectivity index (χ4n) is 4.97. The molecule has 5 rings (SSSR count). The number of para-hydroxylation sites is 1. The van der Waals surface area contributed by atoms with Crippen LogP contribution in [-0.2, 0) is 16.6 Å². The van der Waals surface area contributed by atoms with Gasteiger partial charge in [-0.05, 0) is 30.3 Å². The van der Waals surface area contributed by atoms with Crippen LogP contribution in [0.4, 0.5) is 0 Å². The molecule has 1 fully saturated rings. The molecular formula is C28H33N5O5. The van der Waals surface area contributed by atoms with Gasteiger partial charge in [-0.3, -0.25) is 14.5 Å². The maximum absolute atomic E-state index is 13.9. The predicted octanol–water partition coefficient (Wildman–Crippen LogP) is 2.78.